The van der Waals surface area contributed by atoms with Crippen LogP contribution in [0.2, 0.25) is 0 Å². The first-order valence-electron chi connectivity index (χ1n) is 8.88. The third-order valence-corrected chi connectivity index (χ3v) is 4.75. The lowest BCUT2D eigenvalue weighted by Crippen LogP contribution is -2.19. The van der Waals surface area contributed by atoms with Gasteiger partial charge in [0, 0.05) is 17.5 Å². The molecule has 0 aliphatic rings. The standard InChI is InChI=1S/C21H22FN3O2S/c1-25(2)11-12-27-19-6-4-3-5-17(19)18-14-28-21(23-18)24-20(26)13-15-7-9-16(22)10-8-15/h3-10,14H,11-13H2,1-2H3,(H,23,24,26). The van der Waals surface area contributed by atoms with E-state index in [0.29, 0.717) is 11.7 Å². The fourth-order valence-electron chi connectivity index (χ4n) is 2.55. The smallest absolute Gasteiger partial charge is 0.230 e. The van der Waals surface area contributed by atoms with Crippen LogP contribution in [0.3, 0.4) is 0 Å². The molecule has 0 fully saturated rings. The summed E-state index contributed by atoms with van der Waals surface area (Å²) in [6, 6.07) is 13.6. The van der Waals surface area contributed by atoms with Crippen molar-refractivity contribution in [2.45, 2.75) is 6.42 Å². The minimum Gasteiger partial charge on any atom is -0.492 e. The lowest BCUT2D eigenvalue weighted by atomic mass is 10.1. The van der Waals surface area contributed by atoms with Crippen molar-refractivity contribution in [3.63, 3.8) is 0 Å². The Morgan fingerprint density at radius 1 is 1.18 bits per heavy atom. The molecule has 0 aliphatic heterocycles. The number of thiazole rings is 1. The first-order valence-corrected chi connectivity index (χ1v) is 9.76. The van der Waals surface area contributed by atoms with Crippen LogP contribution in [-0.2, 0) is 11.2 Å². The summed E-state index contributed by atoms with van der Waals surface area (Å²) < 4.78 is 18.8. The second-order valence-electron chi connectivity index (χ2n) is 6.54. The van der Waals surface area contributed by atoms with Crippen LogP contribution in [0.25, 0.3) is 11.3 Å². The molecule has 1 aromatic heterocycles. The highest BCUT2D eigenvalue weighted by Gasteiger charge is 2.12. The zero-order valence-corrected chi connectivity index (χ0v) is 16.6. The number of nitrogens with one attached hydrogen (secondary N) is 1. The average Bonchev–Trinajstić information content (AvgIpc) is 3.12. The van der Waals surface area contributed by atoms with Gasteiger partial charge in [-0.3, -0.25) is 4.79 Å². The fraction of sp³-hybridized carbons (Fsp3) is 0.238. The lowest BCUT2D eigenvalue weighted by Gasteiger charge is -2.13. The van der Waals surface area contributed by atoms with Gasteiger partial charge in [0.25, 0.3) is 0 Å². The normalized spacial score (nSPS) is 10.9. The maximum atomic E-state index is 13.0. The second kappa shape index (κ2) is 9.43. The van der Waals surface area contributed by atoms with Crippen molar-refractivity contribution in [3.8, 4) is 17.0 Å². The molecule has 0 spiro atoms. The number of carbonyl (C=O) groups excluding carboxylic acids is 1. The molecular formula is C21H22FN3O2S. The molecule has 28 heavy (non-hydrogen) atoms. The summed E-state index contributed by atoms with van der Waals surface area (Å²) in [7, 11) is 3.99. The zero-order valence-electron chi connectivity index (χ0n) is 15.8. The van der Waals surface area contributed by atoms with Gasteiger partial charge in [-0.25, -0.2) is 9.37 Å². The van der Waals surface area contributed by atoms with Gasteiger partial charge in [0.2, 0.25) is 5.91 Å². The van der Waals surface area contributed by atoms with E-state index >= 15 is 0 Å². The maximum absolute atomic E-state index is 13.0. The van der Waals surface area contributed by atoms with Crippen molar-refractivity contribution < 1.29 is 13.9 Å². The molecule has 1 amide bonds. The maximum Gasteiger partial charge on any atom is 0.230 e. The van der Waals surface area contributed by atoms with Crippen LogP contribution in [0.1, 0.15) is 5.56 Å². The van der Waals surface area contributed by atoms with E-state index in [1.165, 1.54) is 23.5 Å². The minimum atomic E-state index is -0.319. The Morgan fingerprint density at radius 3 is 2.68 bits per heavy atom. The molecule has 0 radical (unpaired) electrons. The molecule has 3 rings (SSSR count). The molecule has 0 bridgehead atoms. The Hall–Kier alpha value is -2.77. The molecule has 146 valence electrons. The number of benzene rings is 2. The molecule has 0 atom stereocenters. The van der Waals surface area contributed by atoms with Gasteiger partial charge < -0.3 is 15.0 Å². The number of amides is 1. The van der Waals surface area contributed by atoms with Gasteiger partial charge in [0.1, 0.15) is 18.2 Å². The Morgan fingerprint density at radius 2 is 1.93 bits per heavy atom. The van der Waals surface area contributed by atoms with E-state index in [-0.39, 0.29) is 18.1 Å². The van der Waals surface area contributed by atoms with E-state index in [9.17, 15) is 9.18 Å². The summed E-state index contributed by atoms with van der Waals surface area (Å²) in [5.41, 5.74) is 2.38. The quantitative estimate of drug-likeness (QED) is 0.620. The molecule has 5 nitrogen and oxygen atoms in total. The van der Waals surface area contributed by atoms with Crippen molar-refractivity contribution in [3.05, 3.63) is 65.3 Å². The minimum absolute atomic E-state index is 0.166. The van der Waals surface area contributed by atoms with Crippen LogP contribution in [0.5, 0.6) is 5.75 Å². The van der Waals surface area contributed by atoms with E-state index in [2.05, 4.69) is 15.2 Å². The van der Waals surface area contributed by atoms with Crippen LogP contribution < -0.4 is 10.1 Å². The van der Waals surface area contributed by atoms with E-state index < -0.39 is 0 Å². The van der Waals surface area contributed by atoms with Crippen LogP contribution in [0.15, 0.2) is 53.9 Å². The highest BCUT2D eigenvalue weighted by atomic mass is 32.1. The molecule has 0 saturated carbocycles. The number of hydrogen-bond acceptors (Lipinski definition) is 5. The van der Waals surface area contributed by atoms with Gasteiger partial charge in [-0.05, 0) is 43.9 Å². The predicted octanol–water partition coefficient (Wildman–Crippen LogP) is 4.07. The summed E-state index contributed by atoms with van der Waals surface area (Å²) in [6.07, 6.45) is 0.166. The largest absolute Gasteiger partial charge is 0.492 e. The number of likely N-dealkylation sites (N-methyl/N-ethyl adjacent to an activating group) is 1. The Kier molecular flexibility index (Phi) is 6.73. The Balaban J connectivity index is 1.65. The van der Waals surface area contributed by atoms with Gasteiger partial charge in [0.15, 0.2) is 5.13 Å². The monoisotopic (exact) mass is 399 g/mol. The van der Waals surface area contributed by atoms with Gasteiger partial charge in [0.05, 0.1) is 12.1 Å². The zero-order chi connectivity index (χ0) is 19.9. The highest BCUT2D eigenvalue weighted by molar-refractivity contribution is 7.14. The molecule has 3 aromatic rings. The summed E-state index contributed by atoms with van der Waals surface area (Å²) >= 11 is 1.36. The van der Waals surface area contributed by atoms with Gasteiger partial charge in [-0.1, -0.05) is 24.3 Å². The topological polar surface area (TPSA) is 54.5 Å². The van der Waals surface area contributed by atoms with Crippen molar-refractivity contribution in [2.75, 3.05) is 32.6 Å². The van der Waals surface area contributed by atoms with Gasteiger partial charge in [-0.15, -0.1) is 11.3 Å². The molecule has 1 heterocycles. The molecule has 2 aromatic carbocycles. The molecular weight excluding hydrogens is 377 g/mol. The molecule has 0 saturated heterocycles. The number of anilines is 1. The first-order chi connectivity index (χ1) is 13.5. The van der Waals surface area contributed by atoms with Crippen molar-refractivity contribution >= 4 is 22.4 Å². The SMILES string of the molecule is CN(C)CCOc1ccccc1-c1csc(NC(=O)Cc2ccc(F)cc2)n1. The van der Waals surface area contributed by atoms with Crippen molar-refractivity contribution in [1.29, 1.82) is 0 Å². The number of nitrogens with zero attached hydrogens (tertiary/aromatic N) is 2. The van der Waals surface area contributed by atoms with Crippen molar-refractivity contribution in [2.24, 2.45) is 0 Å². The average molecular weight is 399 g/mol. The number of para-hydroxylation sites is 1. The van der Waals surface area contributed by atoms with Crippen LogP contribution >= 0.6 is 11.3 Å². The number of hydrogen-bond donors (Lipinski definition) is 1. The first kappa shape index (κ1) is 20.0. The number of ether oxygens (including phenoxy) is 1. The summed E-state index contributed by atoms with van der Waals surface area (Å²) in [5.74, 6) is 0.252. The third kappa shape index (κ3) is 5.61. The van der Waals surface area contributed by atoms with E-state index in [4.69, 9.17) is 4.74 Å². The van der Waals surface area contributed by atoms with Crippen LogP contribution in [-0.4, -0.2) is 43.0 Å². The number of carbonyl (C=O) groups is 1. The number of halogens is 1. The van der Waals surface area contributed by atoms with E-state index in [1.54, 1.807) is 12.1 Å². The van der Waals surface area contributed by atoms with E-state index in [1.807, 2.05) is 43.7 Å². The summed E-state index contributed by atoms with van der Waals surface area (Å²) in [4.78, 5) is 18.8. The van der Waals surface area contributed by atoms with Crippen molar-refractivity contribution in [1.82, 2.24) is 9.88 Å². The van der Waals surface area contributed by atoms with Crippen LogP contribution in [0, 0.1) is 5.82 Å². The highest BCUT2D eigenvalue weighted by Crippen LogP contribution is 2.32. The van der Waals surface area contributed by atoms with Crippen LogP contribution in [0.4, 0.5) is 9.52 Å². The van der Waals surface area contributed by atoms with Gasteiger partial charge in [-0.2, -0.15) is 0 Å². The molecule has 7 heteroatoms. The third-order valence-electron chi connectivity index (χ3n) is 3.99. The fourth-order valence-corrected chi connectivity index (χ4v) is 3.28. The summed E-state index contributed by atoms with van der Waals surface area (Å²) in [6.45, 7) is 1.39. The Labute approximate surface area is 167 Å². The molecule has 1 N–H and O–H groups in total. The van der Waals surface area contributed by atoms with E-state index in [0.717, 1.165) is 29.1 Å². The lowest BCUT2D eigenvalue weighted by molar-refractivity contribution is -0.115. The second-order valence-corrected chi connectivity index (χ2v) is 7.40. The molecule has 0 aliphatic carbocycles. The Bertz CT molecular complexity index is 925. The molecule has 0 unspecified atom stereocenters. The number of aromatic nitrogens is 1. The summed E-state index contributed by atoms with van der Waals surface area (Å²) in [5, 5.41) is 5.21. The van der Waals surface area contributed by atoms with Gasteiger partial charge >= 0.3 is 0 Å². The number of rotatable bonds is 8. The predicted molar refractivity (Wildman–Crippen MR) is 110 cm³/mol.